The summed E-state index contributed by atoms with van der Waals surface area (Å²) in [5.74, 6) is 0.0794. The molecule has 0 aliphatic rings. The molecule has 0 spiro atoms. The average molecular weight is 337 g/mol. The number of amides is 1. The zero-order valence-corrected chi connectivity index (χ0v) is 14.5. The first-order valence-electron chi connectivity index (χ1n) is 8.36. The number of nitrogens with zero attached hydrogens (tertiary/aromatic N) is 1. The molecule has 0 unspecified atom stereocenters. The van der Waals surface area contributed by atoms with E-state index < -0.39 is 0 Å². The van der Waals surface area contributed by atoms with Crippen LogP contribution in [0, 0.1) is 0 Å². The predicted molar refractivity (Wildman–Crippen MR) is 90.8 cm³/mol. The topological polar surface area (TPSA) is 76.1 Å². The van der Waals surface area contributed by atoms with Crippen molar-refractivity contribution in [2.24, 2.45) is 0 Å². The van der Waals surface area contributed by atoms with Gasteiger partial charge < -0.3 is 19.5 Å². The van der Waals surface area contributed by atoms with E-state index in [4.69, 9.17) is 14.6 Å². The summed E-state index contributed by atoms with van der Waals surface area (Å²) in [4.78, 5) is 25.2. The normalized spacial score (nSPS) is 10.3. The van der Waals surface area contributed by atoms with Gasteiger partial charge in [0.25, 0.3) is 5.91 Å². The number of hydrogen-bond donors (Lipinski definition) is 1. The van der Waals surface area contributed by atoms with Gasteiger partial charge in [0.1, 0.15) is 5.75 Å². The second-order valence-corrected chi connectivity index (χ2v) is 5.30. The van der Waals surface area contributed by atoms with Crippen molar-refractivity contribution < 1.29 is 24.2 Å². The molecule has 0 aliphatic carbocycles. The molecule has 0 saturated carbocycles. The molecule has 0 radical (unpaired) electrons. The van der Waals surface area contributed by atoms with E-state index >= 15 is 0 Å². The maximum absolute atomic E-state index is 12.3. The molecular formula is C18H27NO5. The van der Waals surface area contributed by atoms with Gasteiger partial charge in [-0.3, -0.25) is 9.59 Å². The summed E-state index contributed by atoms with van der Waals surface area (Å²) >= 11 is 0. The molecule has 0 aromatic heterocycles. The second kappa shape index (κ2) is 11.5. The number of aliphatic hydroxyl groups excluding tert-OH is 1. The number of rotatable bonds is 11. The smallest absolute Gasteiger partial charge is 0.307 e. The van der Waals surface area contributed by atoms with Gasteiger partial charge in [0.2, 0.25) is 0 Å². The van der Waals surface area contributed by atoms with E-state index in [1.54, 1.807) is 6.92 Å². The Morgan fingerprint density at radius 2 is 1.83 bits per heavy atom. The van der Waals surface area contributed by atoms with E-state index in [2.05, 4.69) is 6.92 Å². The third-order valence-corrected chi connectivity index (χ3v) is 3.52. The number of carbonyl (C=O) groups is 2. The van der Waals surface area contributed by atoms with Crippen LogP contribution in [0.15, 0.2) is 24.3 Å². The van der Waals surface area contributed by atoms with Crippen LogP contribution in [0.3, 0.4) is 0 Å². The van der Waals surface area contributed by atoms with Crippen LogP contribution in [-0.4, -0.2) is 54.8 Å². The number of esters is 1. The molecule has 0 heterocycles. The van der Waals surface area contributed by atoms with Gasteiger partial charge in [-0.25, -0.2) is 0 Å². The minimum atomic E-state index is -0.338. The van der Waals surface area contributed by atoms with Crippen molar-refractivity contribution in [1.29, 1.82) is 0 Å². The van der Waals surface area contributed by atoms with E-state index in [0.717, 1.165) is 6.42 Å². The molecule has 0 aliphatic heterocycles. The van der Waals surface area contributed by atoms with Gasteiger partial charge in [-0.05, 0) is 37.5 Å². The highest BCUT2D eigenvalue weighted by atomic mass is 16.5. The van der Waals surface area contributed by atoms with Crippen LogP contribution in [-0.2, 0) is 20.7 Å². The van der Waals surface area contributed by atoms with E-state index in [1.807, 2.05) is 24.3 Å². The minimum absolute atomic E-state index is 0.0114. The fourth-order valence-electron chi connectivity index (χ4n) is 2.14. The lowest BCUT2D eigenvalue weighted by molar-refractivity contribution is -0.144. The summed E-state index contributed by atoms with van der Waals surface area (Å²) in [7, 11) is 0. The molecule has 0 fully saturated rings. The average Bonchev–Trinajstić information content (AvgIpc) is 2.60. The molecule has 0 saturated heterocycles. The molecule has 1 amide bonds. The summed E-state index contributed by atoms with van der Waals surface area (Å²) < 4.78 is 10.4. The Kier molecular flexibility index (Phi) is 9.53. The lowest BCUT2D eigenvalue weighted by atomic mass is 10.2. The molecule has 0 atom stereocenters. The lowest BCUT2D eigenvalue weighted by Crippen LogP contribution is -2.37. The number of carbonyl (C=O) groups excluding carboxylic acids is 2. The predicted octanol–water partition coefficient (Wildman–Crippen LogP) is 1.79. The summed E-state index contributed by atoms with van der Waals surface area (Å²) in [6.07, 6.45) is 1.54. The first-order valence-corrected chi connectivity index (χ1v) is 8.36. The van der Waals surface area contributed by atoms with Crippen molar-refractivity contribution in [3.63, 3.8) is 0 Å². The Hall–Kier alpha value is -2.08. The second-order valence-electron chi connectivity index (χ2n) is 5.30. The minimum Gasteiger partial charge on any atom is -0.484 e. The Balaban J connectivity index is 2.51. The van der Waals surface area contributed by atoms with Crippen LogP contribution in [0.4, 0.5) is 0 Å². The Labute approximate surface area is 143 Å². The molecule has 6 nitrogen and oxygen atoms in total. The fourth-order valence-corrected chi connectivity index (χ4v) is 2.14. The highest BCUT2D eigenvalue weighted by Gasteiger charge is 2.16. The summed E-state index contributed by atoms with van der Waals surface area (Å²) in [5, 5.41) is 8.95. The highest BCUT2D eigenvalue weighted by molar-refractivity contribution is 5.78. The van der Waals surface area contributed by atoms with E-state index in [-0.39, 0.29) is 38.1 Å². The molecule has 1 rings (SSSR count). The monoisotopic (exact) mass is 337 g/mol. The lowest BCUT2D eigenvalue weighted by Gasteiger charge is -2.22. The number of aryl methyl sites for hydroxylation is 1. The van der Waals surface area contributed by atoms with Crippen molar-refractivity contribution in [2.75, 3.05) is 32.9 Å². The van der Waals surface area contributed by atoms with E-state index in [0.29, 0.717) is 25.3 Å². The van der Waals surface area contributed by atoms with Crippen molar-refractivity contribution in [3.05, 3.63) is 29.8 Å². The van der Waals surface area contributed by atoms with Gasteiger partial charge in [0.05, 0.1) is 13.0 Å². The SMILES string of the molecule is CCOC(=O)CCN(CCCO)C(=O)COc1ccc(CC)cc1. The van der Waals surface area contributed by atoms with Crippen LogP contribution >= 0.6 is 0 Å². The fraction of sp³-hybridized carbons (Fsp3) is 0.556. The van der Waals surface area contributed by atoms with Gasteiger partial charge in [-0.2, -0.15) is 0 Å². The van der Waals surface area contributed by atoms with E-state index in [9.17, 15) is 9.59 Å². The van der Waals surface area contributed by atoms with Crippen molar-refractivity contribution in [1.82, 2.24) is 4.90 Å². The zero-order valence-electron chi connectivity index (χ0n) is 14.5. The molecule has 0 bridgehead atoms. The third kappa shape index (κ3) is 7.46. The molecule has 24 heavy (non-hydrogen) atoms. The van der Waals surface area contributed by atoms with Crippen LogP contribution < -0.4 is 4.74 Å². The van der Waals surface area contributed by atoms with Crippen LogP contribution in [0.25, 0.3) is 0 Å². The largest absolute Gasteiger partial charge is 0.484 e. The number of ether oxygens (including phenoxy) is 2. The number of benzene rings is 1. The third-order valence-electron chi connectivity index (χ3n) is 3.52. The Morgan fingerprint density at radius 1 is 1.12 bits per heavy atom. The van der Waals surface area contributed by atoms with Gasteiger partial charge in [-0.1, -0.05) is 19.1 Å². The van der Waals surface area contributed by atoms with Gasteiger partial charge in [-0.15, -0.1) is 0 Å². The number of aliphatic hydroxyl groups is 1. The number of hydrogen-bond acceptors (Lipinski definition) is 5. The van der Waals surface area contributed by atoms with Crippen molar-refractivity contribution in [2.45, 2.75) is 33.1 Å². The van der Waals surface area contributed by atoms with Crippen molar-refractivity contribution >= 4 is 11.9 Å². The molecule has 1 N–H and O–H groups in total. The van der Waals surface area contributed by atoms with Crippen molar-refractivity contribution in [3.8, 4) is 5.75 Å². The maximum Gasteiger partial charge on any atom is 0.307 e. The molecule has 6 heteroatoms. The first-order chi connectivity index (χ1) is 11.6. The molecular weight excluding hydrogens is 310 g/mol. The van der Waals surface area contributed by atoms with Crippen LogP contribution in [0.2, 0.25) is 0 Å². The quantitative estimate of drug-likeness (QED) is 0.623. The molecule has 1 aromatic rings. The standard InChI is InChI=1S/C18H27NO5/c1-3-15-6-8-16(9-7-15)24-14-17(21)19(11-5-13-20)12-10-18(22)23-4-2/h6-9,20H,3-5,10-14H2,1-2H3. The molecule has 1 aromatic carbocycles. The maximum atomic E-state index is 12.3. The molecule has 134 valence electrons. The zero-order chi connectivity index (χ0) is 17.8. The van der Waals surface area contributed by atoms with Gasteiger partial charge >= 0.3 is 5.97 Å². The summed E-state index contributed by atoms with van der Waals surface area (Å²) in [5.41, 5.74) is 1.20. The first kappa shape index (κ1) is 20.0. The summed E-state index contributed by atoms with van der Waals surface area (Å²) in [6.45, 7) is 4.66. The van der Waals surface area contributed by atoms with Crippen LogP contribution in [0.1, 0.15) is 32.3 Å². The summed E-state index contributed by atoms with van der Waals surface area (Å²) in [6, 6.07) is 7.60. The Bertz CT molecular complexity index is 501. The van der Waals surface area contributed by atoms with Gasteiger partial charge in [0.15, 0.2) is 6.61 Å². The highest BCUT2D eigenvalue weighted by Crippen LogP contribution is 2.12. The van der Waals surface area contributed by atoms with E-state index in [1.165, 1.54) is 10.5 Å². The van der Waals surface area contributed by atoms with Gasteiger partial charge in [0, 0.05) is 19.7 Å². The Morgan fingerprint density at radius 3 is 2.42 bits per heavy atom. The van der Waals surface area contributed by atoms with Crippen LogP contribution in [0.5, 0.6) is 5.75 Å².